The van der Waals surface area contributed by atoms with Crippen LogP contribution >= 0.6 is 11.6 Å². The Hall–Kier alpha value is -4.11. The molecule has 10 heteroatoms. The molecule has 3 aromatic carbocycles. The first kappa shape index (κ1) is 22.6. The van der Waals surface area contributed by atoms with E-state index in [4.69, 9.17) is 25.8 Å². The first-order valence-electron chi connectivity index (χ1n) is 9.26. The number of carbonyl (C=O) groups is 2. The SMILES string of the molecule is O=C(COC(=O)COc1ccc(Oc2ccccc2)cc1)Nc1cc([N+](=O)[O-])ccc1Cl. The Bertz CT molecular complexity index is 1110. The lowest BCUT2D eigenvalue weighted by molar-refractivity contribution is -0.384. The molecular weight excluding hydrogens is 440 g/mol. The van der Waals surface area contributed by atoms with Gasteiger partial charge in [0.1, 0.15) is 17.2 Å². The molecule has 0 aliphatic rings. The Morgan fingerprint density at radius 1 is 0.906 bits per heavy atom. The van der Waals surface area contributed by atoms with Gasteiger partial charge in [0.05, 0.1) is 15.6 Å². The number of nitro benzene ring substituents is 1. The summed E-state index contributed by atoms with van der Waals surface area (Å²) in [6.45, 7) is -1.02. The van der Waals surface area contributed by atoms with Crippen LogP contribution in [0.5, 0.6) is 17.2 Å². The number of ether oxygens (including phenoxy) is 3. The zero-order valence-electron chi connectivity index (χ0n) is 16.5. The van der Waals surface area contributed by atoms with Crippen molar-refractivity contribution in [2.45, 2.75) is 0 Å². The van der Waals surface area contributed by atoms with Gasteiger partial charge in [0, 0.05) is 12.1 Å². The second-order valence-corrected chi connectivity index (χ2v) is 6.71. The normalized spacial score (nSPS) is 10.2. The molecule has 0 saturated heterocycles. The van der Waals surface area contributed by atoms with Crippen molar-refractivity contribution >= 4 is 34.9 Å². The van der Waals surface area contributed by atoms with E-state index in [9.17, 15) is 19.7 Å². The number of para-hydroxylation sites is 1. The van der Waals surface area contributed by atoms with E-state index in [0.717, 1.165) is 6.07 Å². The predicted octanol–water partition coefficient (Wildman–Crippen LogP) is 4.60. The molecule has 164 valence electrons. The summed E-state index contributed by atoms with van der Waals surface area (Å²) in [6, 6.07) is 19.5. The van der Waals surface area contributed by atoms with Crippen molar-refractivity contribution in [1.82, 2.24) is 0 Å². The number of nitrogens with zero attached hydrogens (tertiary/aromatic N) is 1. The summed E-state index contributed by atoms with van der Waals surface area (Å²) in [5.74, 6) is 0.227. The molecule has 0 bridgehead atoms. The average molecular weight is 457 g/mol. The second kappa shape index (κ2) is 10.8. The minimum atomic E-state index is -0.769. The zero-order chi connectivity index (χ0) is 22.9. The molecule has 0 heterocycles. The third-order valence-electron chi connectivity index (χ3n) is 3.96. The second-order valence-electron chi connectivity index (χ2n) is 6.31. The summed E-state index contributed by atoms with van der Waals surface area (Å²) >= 11 is 5.91. The molecule has 0 atom stereocenters. The molecular formula is C22H17ClN2O7. The standard InChI is InChI=1S/C22H17ClN2O7/c23-19-11-6-15(25(28)29)12-20(19)24-21(26)13-31-22(27)14-30-16-7-9-18(10-8-16)32-17-4-2-1-3-5-17/h1-12H,13-14H2,(H,24,26). The van der Waals surface area contributed by atoms with Gasteiger partial charge in [-0.2, -0.15) is 0 Å². The smallest absolute Gasteiger partial charge is 0.344 e. The van der Waals surface area contributed by atoms with Crippen molar-refractivity contribution in [2.24, 2.45) is 0 Å². The molecule has 0 aliphatic heterocycles. The molecule has 0 aromatic heterocycles. The molecule has 32 heavy (non-hydrogen) atoms. The van der Waals surface area contributed by atoms with Gasteiger partial charge in [-0.05, 0) is 42.5 Å². The molecule has 0 aliphatic carbocycles. The highest BCUT2D eigenvalue weighted by molar-refractivity contribution is 6.33. The predicted molar refractivity (Wildman–Crippen MR) is 116 cm³/mol. The van der Waals surface area contributed by atoms with Crippen LogP contribution in [0.4, 0.5) is 11.4 Å². The molecule has 0 radical (unpaired) electrons. The van der Waals surface area contributed by atoms with Gasteiger partial charge < -0.3 is 19.5 Å². The molecule has 0 saturated carbocycles. The highest BCUT2D eigenvalue weighted by Crippen LogP contribution is 2.26. The van der Waals surface area contributed by atoms with Crippen LogP contribution in [0.2, 0.25) is 5.02 Å². The highest BCUT2D eigenvalue weighted by atomic mass is 35.5. The number of nitrogens with one attached hydrogen (secondary N) is 1. The first-order chi connectivity index (χ1) is 15.4. The highest BCUT2D eigenvalue weighted by Gasteiger charge is 2.14. The van der Waals surface area contributed by atoms with E-state index in [1.54, 1.807) is 24.3 Å². The molecule has 3 rings (SSSR count). The maximum Gasteiger partial charge on any atom is 0.344 e. The Balaban J connectivity index is 1.42. The van der Waals surface area contributed by atoms with Crippen LogP contribution in [0.15, 0.2) is 72.8 Å². The number of carbonyl (C=O) groups excluding carboxylic acids is 2. The first-order valence-corrected chi connectivity index (χ1v) is 9.63. The van der Waals surface area contributed by atoms with Crippen LogP contribution in [0.3, 0.4) is 0 Å². The third-order valence-corrected chi connectivity index (χ3v) is 4.29. The van der Waals surface area contributed by atoms with Crippen LogP contribution in [0, 0.1) is 10.1 Å². The fraction of sp³-hybridized carbons (Fsp3) is 0.0909. The molecule has 0 spiro atoms. The van der Waals surface area contributed by atoms with Gasteiger partial charge in [-0.1, -0.05) is 29.8 Å². The summed E-state index contributed by atoms with van der Waals surface area (Å²) in [7, 11) is 0. The van der Waals surface area contributed by atoms with E-state index < -0.39 is 30.0 Å². The zero-order valence-corrected chi connectivity index (χ0v) is 17.3. The minimum Gasteiger partial charge on any atom is -0.482 e. The van der Waals surface area contributed by atoms with Crippen LogP contribution in [-0.4, -0.2) is 30.0 Å². The number of halogens is 1. The molecule has 1 amide bonds. The van der Waals surface area contributed by atoms with Crippen LogP contribution in [0.1, 0.15) is 0 Å². The summed E-state index contributed by atoms with van der Waals surface area (Å²) in [4.78, 5) is 34.0. The number of non-ortho nitro benzene ring substituents is 1. The van der Waals surface area contributed by atoms with Crippen LogP contribution < -0.4 is 14.8 Å². The Morgan fingerprint density at radius 2 is 1.56 bits per heavy atom. The summed E-state index contributed by atoms with van der Waals surface area (Å²) in [5, 5.41) is 13.3. The monoisotopic (exact) mass is 456 g/mol. The van der Waals surface area contributed by atoms with Gasteiger partial charge in [-0.3, -0.25) is 14.9 Å². The van der Waals surface area contributed by atoms with Gasteiger partial charge in [0.2, 0.25) is 0 Å². The number of nitro groups is 1. The number of hydrogen-bond donors (Lipinski definition) is 1. The largest absolute Gasteiger partial charge is 0.482 e. The lowest BCUT2D eigenvalue weighted by Crippen LogP contribution is -2.23. The van der Waals surface area contributed by atoms with Gasteiger partial charge in [-0.15, -0.1) is 0 Å². The minimum absolute atomic E-state index is 0.0379. The van der Waals surface area contributed by atoms with E-state index in [0.29, 0.717) is 17.2 Å². The van der Waals surface area contributed by atoms with Crippen LogP contribution in [-0.2, 0) is 14.3 Å². The van der Waals surface area contributed by atoms with Gasteiger partial charge in [0.15, 0.2) is 13.2 Å². The lowest BCUT2D eigenvalue weighted by Gasteiger charge is -2.09. The molecule has 0 fully saturated rings. The maximum atomic E-state index is 11.9. The maximum absolute atomic E-state index is 11.9. The van der Waals surface area contributed by atoms with Gasteiger partial charge in [0.25, 0.3) is 11.6 Å². The van der Waals surface area contributed by atoms with Crippen molar-refractivity contribution in [2.75, 3.05) is 18.5 Å². The average Bonchev–Trinajstić information content (AvgIpc) is 2.79. The van der Waals surface area contributed by atoms with E-state index >= 15 is 0 Å². The molecule has 1 N–H and O–H groups in total. The number of hydrogen-bond acceptors (Lipinski definition) is 7. The Morgan fingerprint density at radius 3 is 2.25 bits per heavy atom. The quantitative estimate of drug-likeness (QED) is 0.284. The lowest BCUT2D eigenvalue weighted by atomic mass is 10.3. The van der Waals surface area contributed by atoms with E-state index in [2.05, 4.69) is 5.32 Å². The Kier molecular flexibility index (Phi) is 7.60. The Labute approximate surface area is 187 Å². The van der Waals surface area contributed by atoms with Crippen molar-refractivity contribution < 1.29 is 28.7 Å². The van der Waals surface area contributed by atoms with E-state index in [1.807, 2.05) is 30.3 Å². The van der Waals surface area contributed by atoms with Crippen molar-refractivity contribution in [3.8, 4) is 17.2 Å². The number of anilines is 1. The van der Waals surface area contributed by atoms with E-state index in [-0.39, 0.29) is 16.4 Å². The van der Waals surface area contributed by atoms with E-state index in [1.165, 1.54) is 12.1 Å². The van der Waals surface area contributed by atoms with Crippen LogP contribution in [0.25, 0.3) is 0 Å². The summed E-state index contributed by atoms with van der Waals surface area (Å²) in [6.07, 6.45) is 0. The van der Waals surface area contributed by atoms with Gasteiger partial charge in [-0.25, -0.2) is 4.79 Å². The topological polar surface area (TPSA) is 117 Å². The third kappa shape index (κ3) is 6.71. The van der Waals surface area contributed by atoms with Crippen molar-refractivity contribution in [3.05, 3.63) is 87.9 Å². The van der Waals surface area contributed by atoms with Crippen molar-refractivity contribution in [1.29, 1.82) is 0 Å². The summed E-state index contributed by atoms with van der Waals surface area (Å²) in [5.41, 5.74) is -0.203. The fourth-order valence-corrected chi connectivity index (χ4v) is 2.63. The van der Waals surface area contributed by atoms with Gasteiger partial charge >= 0.3 is 5.97 Å². The summed E-state index contributed by atoms with van der Waals surface area (Å²) < 4.78 is 15.8. The number of benzene rings is 3. The number of esters is 1. The molecule has 9 nitrogen and oxygen atoms in total. The molecule has 3 aromatic rings. The number of amides is 1. The van der Waals surface area contributed by atoms with Crippen molar-refractivity contribution in [3.63, 3.8) is 0 Å². The molecule has 0 unspecified atom stereocenters. The fourth-order valence-electron chi connectivity index (χ4n) is 2.47. The number of rotatable bonds is 9.